The van der Waals surface area contributed by atoms with Gasteiger partial charge in [0, 0.05) is 37.4 Å². The van der Waals surface area contributed by atoms with Gasteiger partial charge in [0.1, 0.15) is 11.7 Å². The Labute approximate surface area is 152 Å². The molecule has 1 aliphatic rings. The fourth-order valence-electron chi connectivity index (χ4n) is 3.48. The molecule has 0 bridgehead atoms. The number of aromatic nitrogens is 2. The lowest BCUT2D eigenvalue weighted by atomic mass is 9.96. The van der Waals surface area contributed by atoms with Crippen molar-refractivity contribution in [2.24, 2.45) is 0 Å². The van der Waals surface area contributed by atoms with Gasteiger partial charge in [0.2, 0.25) is 0 Å². The second kappa shape index (κ2) is 7.12. The lowest BCUT2D eigenvalue weighted by molar-refractivity contribution is 0.0341. The normalized spacial score (nSPS) is 15.0. The van der Waals surface area contributed by atoms with Crippen LogP contribution in [0.25, 0.3) is 28.2 Å². The summed E-state index contributed by atoms with van der Waals surface area (Å²) < 4.78 is 5.43. The predicted molar refractivity (Wildman–Crippen MR) is 102 cm³/mol. The van der Waals surface area contributed by atoms with Crippen molar-refractivity contribution in [1.29, 1.82) is 5.26 Å². The number of fused-ring (bicyclic) bond motifs is 1. The van der Waals surface area contributed by atoms with E-state index in [4.69, 9.17) is 4.74 Å². The molecule has 5 nitrogen and oxygen atoms in total. The van der Waals surface area contributed by atoms with Crippen molar-refractivity contribution < 1.29 is 4.74 Å². The number of nitriles is 1. The van der Waals surface area contributed by atoms with Crippen molar-refractivity contribution in [1.82, 2.24) is 14.9 Å². The van der Waals surface area contributed by atoms with Crippen LogP contribution in [0.2, 0.25) is 0 Å². The Morgan fingerprint density at radius 1 is 1.31 bits per heavy atom. The van der Waals surface area contributed by atoms with Gasteiger partial charge in [-0.25, -0.2) is 4.98 Å². The van der Waals surface area contributed by atoms with E-state index in [1.165, 1.54) is 5.56 Å². The largest absolute Gasteiger partial charge is 0.379 e. The van der Waals surface area contributed by atoms with Crippen LogP contribution < -0.4 is 0 Å². The second-order valence-corrected chi connectivity index (χ2v) is 6.40. The van der Waals surface area contributed by atoms with Gasteiger partial charge in [-0.1, -0.05) is 24.8 Å². The van der Waals surface area contributed by atoms with E-state index in [9.17, 15) is 5.26 Å². The van der Waals surface area contributed by atoms with E-state index in [1.807, 2.05) is 12.1 Å². The standard InChI is InChI=1S/C21H20N4O/c1-2-15-11-16(3-4-17(15)14-25-7-9-26-10-8-25)19-5-6-23-21-20(19)18(12-22)13-24-21/h2-6,11,13H,1,7-10,14H2,(H,23,24). The molecule has 1 aromatic carbocycles. The van der Waals surface area contributed by atoms with Crippen molar-refractivity contribution in [2.45, 2.75) is 6.54 Å². The zero-order valence-corrected chi connectivity index (χ0v) is 14.5. The minimum atomic E-state index is 0.612. The summed E-state index contributed by atoms with van der Waals surface area (Å²) in [7, 11) is 0. The van der Waals surface area contributed by atoms with Gasteiger partial charge in [-0.05, 0) is 34.4 Å². The van der Waals surface area contributed by atoms with E-state index in [1.54, 1.807) is 12.4 Å². The van der Waals surface area contributed by atoms with Crippen LogP contribution in [-0.2, 0) is 11.3 Å². The number of ether oxygens (including phenoxy) is 1. The molecule has 1 fully saturated rings. The SMILES string of the molecule is C=Cc1cc(-c2ccnc3[nH]cc(C#N)c23)ccc1CN1CCOCC1. The molecule has 2 aromatic heterocycles. The predicted octanol–water partition coefficient (Wildman–Crippen LogP) is 3.58. The number of benzene rings is 1. The smallest absolute Gasteiger partial charge is 0.139 e. The molecular weight excluding hydrogens is 324 g/mol. The number of morpholine rings is 1. The highest BCUT2D eigenvalue weighted by Crippen LogP contribution is 2.31. The third kappa shape index (κ3) is 3.01. The molecule has 3 aromatic rings. The van der Waals surface area contributed by atoms with Gasteiger partial charge in [0.05, 0.1) is 18.8 Å². The summed E-state index contributed by atoms with van der Waals surface area (Å²) in [5.41, 5.74) is 5.79. The quantitative estimate of drug-likeness (QED) is 0.786. The zero-order chi connectivity index (χ0) is 17.9. The van der Waals surface area contributed by atoms with Crippen LogP contribution >= 0.6 is 0 Å². The summed E-state index contributed by atoms with van der Waals surface area (Å²) in [6, 6.07) is 10.6. The van der Waals surface area contributed by atoms with Gasteiger partial charge in [-0.15, -0.1) is 0 Å². The third-order valence-electron chi connectivity index (χ3n) is 4.87. The van der Waals surface area contributed by atoms with Crippen LogP contribution in [0.4, 0.5) is 0 Å². The highest BCUT2D eigenvalue weighted by atomic mass is 16.5. The van der Waals surface area contributed by atoms with Gasteiger partial charge < -0.3 is 9.72 Å². The van der Waals surface area contributed by atoms with Crippen LogP contribution in [0.1, 0.15) is 16.7 Å². The van der Waals surface area contributed by atoms with Crippen LogP contribution in [-0.4, -0.2) is 41.2 Å². The Balaban J connectivity index is 1.73. The molecule has 130 valence electrons. The molecule has 0 saturated carbocycles. The number of hydrogen-bond acceptors (Lipinski definition) is 4. The number of nitrogens with zero attached hydrogens (tertiary/aromatic N) is 3. The van der Waals surface area contributed by atoms with E-state index >= 15 is 0 Å². The van der Waals surface area contributed by atoms with Gasteiger partial charge in [-0.2, -0.15) is 5.26 Å². The Morgan fingerprint density at radius 2 is 2.15 bits per heavy atom. The van der Waals surface area contributed by atoms with E-state index in [-0.39, 0.29) is 0 Å². The highest BCUT2D eigenvalue weighted by molar-refractivity contribution is 5.97. The van der Waals surface area contributed by atoms with E-state index < -0.39 is 0 Å². The monoisotopic (exact) mass is 344 g/mol. The number of nitrogens with one attached hydrogen (secondary N) is 1. The number of hydrogen-bond donors (Lipinski definition) is 1. The van der Waals surface area contributed by atoms with Crippen molar-refractivity contribution in [3.63, 3.8) is 0 Å². The van der Waals surface area contributed by atoms with Gasteiger partial charge in [0.15, 0.2) is 0 Å². The summed E-state index contributed by atoms with van der Waals surface area (Å²) in [6.07, 6.45) is 5.38. The minimum Gasteiger partial charge on any atom is -0.379 e. The average molecular weight is 344 g/mol. The molecule has 0 atom stereocenters. The highest BCUT2D eigenvalue weighted by Gasteiger charge is 2.15. The van der Waals surface area contributed by atoms with Crippen molar-refractivity contribution in [3.05, 3.63) is 59.9 Å². The molecule has 3 heterocycles. The molecule has 1 saturated heterocycles. The van der Waals surface area contributed by atoms with Crippen molar-refractivity contribution in [2.75, 3.05) is 26.3 Å². The van der Waals surface area contributed by atoms with Crippen LogP contribution in [0.3, 0.4) is 0 Å². The molecule has 4 rings (SSSR count). The summed E-state index contributed by atoms with van der Waals surface area (Å²) in [5.74, 6) is 0. The molecule has 1 aliphatic heterocycles. The number of pyridine rings is 1. The maximum atomic E-state index is 9.39. The Morgan fingerprint density at radius 3 is 2.92 bits per heavy atom. The molecule has 0 amide bonds. The fraction of sp³-hybridized carbons (Fsp3) is 0.238. The topological polar surface area (TPSA) is 64.9 Å². The minimum absolute atomic E-state index is 0.612. The molecule has 1 N–H and O–H groups in total. The third-order valence-corrected chi connectivity index (χ3v) is 4.87. The summed E-state index contributed by atoms with van der Waals surface area (Å²) in [4.78, 5) is 9.80. The van der Waals surface area contributed by atoms with E-state index in [0.717, 1.165) is 60.6 Å². The molecule has 0 unspecified atom stereocenters. The van der Waals surface area contributed by atoms with Gasteiger partial charge in [-0.3, -0.25) is 4.90 Å². The van der Waals surface area contributed by atoms with Gasteiger partial charge in [0.25, 0.3) is 0 Å². The molecule has 0 radical (unpaired) electrons. The average Bonchev–Trinajstić information content (AvgIpc) is 3.12. The van der Waals surface area contributed by atoms with E-state index in [2.05, 4.69) is 45.7 Å². The Hall–Kier alpha value is -2.94. The number of rotatable bonds is 4. The molecule has 0 aliphatic carbocycles. The summed E-state index contributed by atoms with van der Waals surface area (Å²) in [5, 5.41) is 10.3. The van der Waals surface area contributed by atoms with Crippen LogP contribution in [0.5, 0.6) is 0 Å². The van der Waals surface area contributed by atoms with Gasteiger partial charge >= 0.3 is 0 Å². The first-order valence-corrected chi connectivity index (χ1v) is 8.72. The maximum Gasteiger partial charge on any atom is 0.139 e. The zero-order valence-electron chi connectivity index (χ0n) is 14.5. The van der Waals surface area contributed by atoms with Crippen LogP contribution in [0, 0.1) is 11.3 Å². The first-order chi connectivity index (χ1) is 12.8. The van der Waals surface area contributed by atoms with E-state index in [0.29, 0.717) is 5.56 Å². The maximum absolute atomic E-state index is 9.39. The second-order valence-electron chi connectivity index (χ2n) is 6.40. The molecule has 5 heteroatoms. The van der Waals surface area contributed by atoms with Crippen molar-refractivity contribution >= 4 is 17.1 Å². The first kappa shape index (κ1) is 16.5. The summed E-state index contributed by atoms with van der Waals surface area (Å²) in [6.45, 7) is 8.38. The first-order valence-electron chi connectivity index (χ1n) is 8.72. The fourth-order valence-corrected chi connectivity index (χ4v) is 3.48. The molecule has 0 spiro atoms. The molecule has 26 heavy (non-hydrogen) atoms. The Bertz CT molecular complexity index is 993. The van der Waals surface area contributed by atoms with Crippen LogP contribution in [0.15, 0.2) is 43.2 Å². The Kier molecular flexibility index (Phi) is 4.53. The lowest BCUT2D eigenvalue weighted by Crippen LogP contribution is -2.35. The number of aromatic amines is 1. The van der Waals surface area contributed by atoms with Crippen molar-refractivity contribution in [3.8, 4) is 17.2 Å². The summed E-state index contributed by atoms with van der Waals surface area (Å²) >= 11 is 0. The number of H-pyrrole nitrogens is 1. The lowest BCUT2D eigenvalue weighted by Gasteiger charge is -2.27. The molecular formula is C21H20N4O.